The summed E-state index contributed by atoms with van der Waals surface area (Å²) in [5, 5.41) is 0.571. The summed E-state index contributed by atoms with van der Waals surface area (Å²) in [7, 11) is -3.46. The highest BCUT2D eigenvalue weighted by Crippen LogP contribution is 2.24. The van der Waals surface area contributed by atoms with E-state index in [4.69, 9.17) is 16.3 Å². The van der Waals surface area contributed by atoms with Crippen molar-refractivity contribution in [1.29, 1.82) is 0 Å². The molecule has 0 aliphatic heterocycles. The van der Waals surface area contributed by atoms with Crippen LogP contribution in [0.5, 0.6) is 5.88 Å². The predicted molar refractivity (Wildman–Crippen MR) is 92.7 cm³/mol. The minimum Gasteiger partial charge on any atom is -0.474 e. The first-order valence-electron chi connectivity index (χ1n) is 7.88. The summed E-state index contributed by atoms with van der Waals surface area (Å²) in [6.45, 7) is 0. The van der Waals surface area contributed by atoms with Gasteiger partial charge < -0.3 is 4.74 Å². The zero-order valence-electron chi connectivity index (χ0n) is 13.1. The molecule has 0 saturated heterocycles. The highest BCUT2D eigenvalue weighted by molar-refractivity contribution is 7.89. The Hall–Kier alpha value is -1.63. The third-order valence-electron chi connectivity index (χ3n) is 4.04. The normalized spacial score (nSPS) is 21.4. The van der Waals surface area contributed by atoms with Crippen molar-refractivity contribution in [3.05, 3.63) is 53.7 Å². The molecule has 3 rings (SSSR count). The molecule has 1 aliphatic rings. The molecule has 1 fully saturated rings. The first-order chi connectivity index (χ1) is 11.5. The van der Waals surface area contributed by atoms with E-state index in [1.54, 1.807) is 48.7 Å². The second kappa shape index (κ2) is 7.51. The molecule has 128 valence electrons. The van der Waals surface area contributed by atoms with Gasteiger partial charge in [0.2, 0.25) is 15.9 Å². The van der Waals surface area contributed by atoms with Crippen LogP contribution in [0.3, 0.4) is 0 Å². The highest BCUT2D eigenvalue weighted by Gasteiger charge is 2.26. The molecule has 1 aromatic carbocycles. The fraction of sp³-hybridized carbons (Fsp3) is 0.353. The van der Waals surface area contributed by atoms with Gasteiger partial charge in [0, 0.05) is 18.3 Å². The van der Waals surface area contributed by atoms with E-state index >= 15 is 0 Å². The average Bonchev–Trinajstić information content (AvgIpc) is 2.59. The number of nitrogens with one attached hydrogen (secondary N) is 1. The Morgan fingerprint density at radius 3 is 2.38 bits per heavy atom. The van der Waals surface area contributed by atoms with Crippen molar-refractivity contribution in [1.82, 2.24) is 9.71 Å². The van der Waals surface area contributed by atoms with Crippen LogP contribution in [0.4, 0.5) is 0 Å². The van der Waals surface area contributed by atoms with Crippen LogP contribution in [-0.2, 0) is 10.0 Å². The summed E-state index contributed by atoms with van der Waals surface area (Å²) in [6, 6.07) is 11.9. The van der Waals surface area contributed by atoms with E-state index in [0.29, 0.717) is 15.8 Å². The van der Waals surface area contributed by atoms with E-state index in [-0.39, 0.29) is 12.1 Å². The van der Waals surface area contributed by atoms with Gasteiger partial charge in [0.05, 0.1) is 9.92 Å². The first-order valence-corrected chi connectivity index (χ1v) is 9.75. The number of pyridine rings is 1. The molecule has 1 aliphatic carbocycles. The lowest BCUT2D eigenvalue weighted by molar-refractivity contribution is 0.138. The third kappa shape index (κ3) is 4.47. The number of halogens is 1. The number of hydrogen-bond donors (Lipinski definition) is 1. The molecule has 7 heteroatoms. The summed E-state index contributed by atoms with van der Waals surface area (Å²) in [5.41, 5.74) is 0. The summed E-state index contributed by atoms with van der Waals surface area (Å²) >= 11 is 5.80. The van der Waals surface area contributed by atoms with E-state index in [1.807, 2.05) is 0 Å². The lowest BCUT2D eigenvalue weighted by atomic mass is 9.94. The third-order valence-corrected chi connectivity index (χ3v) is 5.80. The Balaban J connectivity index is 1.53. The van der Waals surface area contributed by atoms with Gasteiger partial charge in [0.1, 0.15) is 6.10 Å². The Bertz CT molecular complexity index is 758. The quantitative estimate of drug-likeness (QED) is 0.880. The molecule has 0 spiro atoms. The lowest BCUT2D eigenvalue weighted by Crippen LogP contribution is -2.39. The second-order valence-corrected chi connectivity index (χ2v) is 7.99. The Morgan fingerprint density at radius 1 is 1.04 bits per heavy atom. The standard InChI is InChI=1S/C17H19ClN2O3S/c18-13-6-11-17(19-12-13)23-15-9-7-14(8-10-15)20-24(21,22)16-4-2-1-3-5-16/h1-6,11-12,14-15,20H,7-10H2. The number of rotatable bonds is 5. The summed E-state index contributed by atoms with van der Waals surface area (Å²) < 4.78 is 33.3. The molecule has 0 unspecified atom stereocenters. The van der Waals surface area contributed by atoms with Crippen LogP contribution in [0.15, 0.2) is 53.6 Å². The van der Waals surface area contributed by atoms with E-state index in [2.05, 4.69) is 9.71 Å². The van der Waals surface area contributed by atoms with Gasteiger partial charge in [-0.15, -0.1) is 0 Å². The minimum atomic E-state index is -3.46. The molecule has 1 heterocycles. The molecular formula is C17H19ClN2O3S. The van der Waals surface area contributed by atoms with Gasteiger partial charge in [-0.2, -0.15) is 0 Å². The van der Waals surface area contributed by atoms with Crippen molar-refractivity contribution in [2.75, 3.05) is 0 Å². The van der Waals surface area contributed by atoms with Crippen LogP contribution >= 0.6 is 11.6 Å². The molecule has 1 saturated carbocycles. The van der Waals surface area contributed by atoms with Gasteiger partial charge in [-0.3, -0.25) is 0 Å². The fourth-order valence-corrected chi connectivity index (χ4v) is 4.23. The maximum absolute atomic E-state index is 12.3. The molecule has 0 bridgehead atoms. The minimum absolute atomic E-state index is 0.0520. The van der Waals surface area contributed by atoms with Crippen LogP contribution in [-0.4, -0.2) is 25.5 Å². The van der Waals surface area contributed by atoms with Crippen LogP contribution in [0.25, 0.3) is 0 Å². The average molecular weight is 367 g/mol. The van der Waals surface area contributed by atoms with Crippen molar-refractivity contribution in [3.8, 4) is 5.88 Å². The van der Waals surface area contributed by atoms with Crippen molar-refractivity contribution >= 4 is 21.6 Å². The Kier molecular flexibility index (Phi) is 5.38. The molecule has 0 atom stereocenters. The fourth-order valence-electron chi connectivity index (χ4n) is 2.79. The molecule has 0 amide bonds. The van der Waals surface area contributed by atoms with Gasteiger partial charge in [0.15, 0.2) is 0 Å². The number of benzene rings is 1. The monoisotopic (exact) mass is 366 g/mol. The first kappa shape index (κ1) is 17.2. The van der Waals surface area contributed by atoms with Crippen molar-refractivity contribution in [3.63, 3.8) is 0 Å². The zero-order chi connectivity index (χ0) is 17.0. The summed E-state index contributed by atoms with van der Waals surface area (Å²) in [5.74, 6) is 0.549. The second-order valence-electron chi connectivity index (χ2n) is 5.84. The smallest absolute Gasteiger partial charge is 0.240 e. The van der Waals surface area contributed by atoms with Crippen molar-refractivity contribution in [2.45, 2.75) is 42.7 Å². The summed E-state index contributed by atoms with van der Waals surface area (Å²) in [4.78, 5) is 4.42. The molecule has 5 nitrogen and oxygen atoms in total. The highest BCUT2D eigenvalue weighted by atomic mass is 35.5. The van der Waals surface area contributed by atoms with Crippen LogP contribution in [0, 0.1) is 0 Å². The van der Waals surface area contributed by atoms with Gasteiger partial charge in [-0.1, -0.05) is 29.8 Å². The van der Waals surface area contributed by atoms with Crippen molar-refractivity contribution in [2.24, 2.45) is 0 Å². The predicted octanol–water partition coefficient (Wildman–Crippen LogP) is 3.40. The zero-order valence-corrected chi connectivity index (χ0v) is 14.6. The van der Waals surface area contributed by atoms with E-state index in [9.17, 15) is 8.42 Å². The van der Waals surface area contributed by atoms with Crippen LogP contribution in [0.2, 0.25) is 5.02 Å². The number of sulfonamides is 1. The van der Waals surface area contributed by atoms with Crippen LogP contribution < -0.4 is 9.46 Å². The Labute approximate surface area is 147 Å². The topological polar surface area (TPSA) is 68.3 Å². The largest absolute Gasteiger partial charge is 0.474 e. The van der Waals surface area contributed by atoms with Gasteiger partial charge in [0.25, 0.3) is 0 Å². The van der Waals surface area contributed by atoms with E-state index < -0.39 is 10.0 Å². The van der Waals surface area contributed by atoms with E-state index in [0.717, 1.165) is 25.7 Å². The number of ether oxygens (including phenoxy) is 1. The van der Waals surface area contributed by atoms with Gasteiger partial charge in [-0.25, -0.2) is 18.1 Å². The number of nitrogens with zero attached hydrogens (tertiary/aromatic N) is 1. The molecule has 0 radical (unpaired) electrons. The maximum atomic E-state index is 12.3. The molecule has 24 heavy (non-hydrogen) atoms. The van der Waals surface area contributed by atoms with Gasteiger partial charge >= 0.3 is 0 Å². The SMILES string of the molecule is O=S(=O)(NC1CCC(Oc2ccc(Cl)cn2)CC1)c1ccccc1. The maximum Gasteiger partial charge on any atom is 0.240 e. The Morgan fingerprint density at radius 2 is 1.75 bits per heavy atom. The van der Waals surface area contributed by atoms with Crippen molar-refractivity contribution < 1.29 is 13.2 Å². The molecule has 1 aromatic heterocycles. The summed E-state index contributed by atoms with van der Waals surface area (Å²) in [6.07, 6.45) is 4.65. The van der Waals surface area contributed by atoms with E-state index in [1.165, 1.54) is 0 Å². The number of aromatic nitrogens is 1. The number of hydrogen-bond acceptors (Lipinski definition) is 4. The van der Waals surface area contributed by atoms with Crippen LogP contribution in [0.1, 0.15) is 25.7 Å². The lowest BCUT2D eigenvalue weighted by Gasteiger charge is -2.29. The molecule has 1 N–H and O–H groups in total. The molecular weight excluding hydrogens is 348 g/mol. The molecule has 2 aromatic rings. The van der Waals surface area contributed by atoms with Gasteiger partial charge in [-0.05, 0) is 43.9 Å².